The number of carbonyl (C=O) groups excluding carboxylic acids is 2. The molecule has 91 heavy (non-hydrogen) atoms. The van der Waals surface area contributed by atoms with Gasteiger partial charge in [0, 0.05) is 36.4 Å². The van der Waals surface area contributed by atoms with E-state index >= 15 is 0 Å². The lowest BCUT2D eigenvalue weighted by Crippen LogP contribution is -2.62. The minimum atomic E-state index is -2.05. The summed E-state index contributed by atoms with van der Waals surface area (Å²) in [6.07, 6.45) is -30.9. The lowest BCUT2D eigenvalue weighted by atomic mass is 9.98. The molecule has 0 amide bonds. The van der Waals surface area contributed by atoms with Gasteiger partial charge in [-0.15, -0.1) is 0 Å². The Morgan fingerprint density at radius 3 is 1.59 bits per heavy atom. The van der Waals surface area contributed by atoms with E-state index in [0.29, 0.717) is 5.56 Å². The molecule has 0 bridgehead atoms. The monoisotopic (exact) mass is 1290 g/mol. The van der Waals surface area contributed by atoms with Gasteiger partial charge < -0.3 is 144 Å². The number of hydrogen-bond donors (Lipinski definition) is 17. The molecule has 32 heteroatoms. The zero-order chi connectivity index (χ0) is 65.9. The van der Waals surface area contributed by atoms with Crippen molar-refractivity contribution in [1.29, 1.82) is 0 Å². The van der Waals surface area contributed by atoms with Crippen LogP contribution in [-0.4, -0.2) is 256 Å². The zero-order valence-corrected chi connectivity index (χ0v) is 48.1. The summed E-state index contributed by atoms with van der Waals surface area (Å²) in [5.74, 6) is -5.73. The van der Waals surface area contributed by atoms with Crippen LogP contribution in [0.4, 0.5) is 0 Å². The minimum Gasteiger partial charge on any atom is -0.507 e. The quantitative estimate of drug-likeness (QED) is 0.0171. The summed E-state index contributed by atoms with van der Waals surface area (Å²) in [5, 5.41) is 181. The fraction of sp³-hybridized carbons (Fsp3) is 0.441. The lowest BCUT2D eigenvalue weighted by molar-refractivity contribution is -0.319. The third-order valence-corrected chi connectivity index (χ3v) is 15.1. The van der Waals surface area contributed by atoms with Gasteiger partial charge in [0.05, 0.1) is 45.2 Å². The molecular formula is C59H67O32+. The van der Waals surface area contributed by atoms with Crippen LogP contribution in [-0.2, 0) is 42.7 Å². The van der Waals surface area contributed by atoms with Crippen LogP contribution in [0.3, 0.4) is 0 Å². The minimum absolute atomic E-state index is 0.0583. The molecule has 0 saturated carbocycles. The zero-order valence-electron chi connectivity index (χ0n) is 48.1. The number of methoxy groups -OCH3 is 2. The molecule has 17 N–H and O–H groups in total. The van der Waals surface area contributed by atoms with Gasteiger partial charge in [0.2, 0.25) is 30.4 Å². The van der Waals surface area contributed by atoms with Crippen molar-refractivity contribution in [3.8, 4) is 68.8 Å². The Hall–Kier alpha value is -7.97. The molecule has 4 fully saturated rings. The first kappa shape index (κ1) is 67.4. The average Bonchev–Trinajstić information content (AvgIpc) is 0.986. The van der Waals surface area contributed by atoms with Gasteiger partial charge in [-0.05, 0) is 54.5 Å². The third kappa shape index (κ3) is 14.9. The van der Waals surface area contributed by atoms with Crippen LogP contribution in [0.15, 0.2) is 83.3 Å². The predicted octanol–water partition coefficient (Wildman–Crippen LogP) is -2.16. The second-order valence-electron chi connectivity index (χ2n) is 21.3. The maximum absolute atomic E-state index is 13.1. The number of ether oxygens (including phenoxy) is 12. The van der Waals surface area contributed by atoms with Gasteiger partial charge in [-0.25, -0.2) is 14.0 Å². The smallest absolute Gasteiger partial charge is 0.402 e. The summed E-state index contributed by atoms with van der Waals surface area (Å²) in [6, 6.07) is 13.5. The van der Waals surface area contributed by atoms with Crippen molar-refractivity contribution in [1.82, 2.24) is 0 Å². The van der Waals surface area contributed by atoms with Crippen LogP contribution in [0.2, 0.25) is 0 Å². The first-order valence-corrected chi connectivity index (χ1v) is 27.8. The summed E-state index contributed by atoms with van der Waals surface area (Å²) in [4.78, 5) is 25.5. The van der Waals surface area contributed by atoms with E-state index in [9.17, 15) is 96.4 Å². The maximum atomic E-state index is 13.1. The van der Waals surface area contributed by atoms with E-state index in [1.54, 1.807) is 0 Å². The van der Waals surface area contributed by atoms with Crippen molar-refractivity contribution < 1.29 is 158 Å². The fourth-order valence-corrected chi connectivity index (χ4v) is 10.0. The Labute approximate surface area is 514 Å². The van der Waals surface area contributed by atoms with Gasteiger partial charge >= 0.3 is 23.3 Å². The number of fused-ring (bicyclic) bond motifs is 1. The summed E-state index contributed by atoms with van der Waals surface area (Å²) >= 11 is 0. The normalized spacial score (nSPS) is 31.9. The molecule has 0 unspecified atom stereocenters. The molecular weight excluding hydrogens is 1220 g/mol. The molecule has 20 atom stereocenters. The number of phenols is 5. The van der Waals surface area contributed by atoms with Crippen LogP contribution in [0, 0.1) is 0 Å². The highest BCUT2D eigenvalue weighted by Gasteiger charge is 2.51. The molecule has 1 aromatic heterocycles. The molecule has 0 radical (unpaired) electrons. The highest BCUT2D eigenvalue weighted by Crippen LogP contribution is 2.47. The first-order chi connectivity index (χ1) is 43.3. The Morgan fingerprint density at radius 1 is 0.505 bits per heavy atom. The van der Waals surface area contributed by atoms with Crippen molar-refractivity contribution >= 4 is 35.1 Å². The van der Waals surface area contributed by atoms with Gasteiger partial charge in [-0.2, -0.15) is 0 Å². The standard InChI is InChI=1S/C59H66O32/c1-22-54(91-41(66)11-7-24-5-9-31(30(64)13-24)85-57-51(76)47(72)44(69)38(89-57)20-81-40(65)10-6-23-4-8-28(62)29(63)12-23)49(74)53(78)56(83-22)82-21-39-45(70)48(73)52(77)59(90-39)87-36-18-27-32(84-55(36)25-14-34(79-2)42(67)35(15-25)80-3)16-26(61)17-33(27)86-58-50(75)46(71)43(68)37(19-60)88-58/h4-18,22,37-39,43-54,56-60,68-78H,19-21H2,1-3H3,(H4-,61,62,63,64,65,67)/p+1/b11-7+/t22-,37+,38+,39+,43+,44+,45+,46-,47-,48-,49-,50+,51+,52+,53+,54-,56+,57+,58+,59+/m0/s1. The van der Waals surface area contributed by atoms with Crippen molar-refractivity contribution in [3.05, 3.63) is 90.0 Å². The van der Waals surface area contributed by atoms with Crippen molar-refractivity contribution in [2.24, 2.45) is 0 Å². The van der Waals surface area contributed by atoms with Gasteiger partial charge in [0.1, 0.15) is 109 Å². The van der Waals surface area contributed by atoms with Crippen molar-refractivity contribution in [2.75, 3.05) is 34.0 Å². The molecule has 0 aliphatic carbocycles. The summed E-state index contributed by atoms with van der Waals surface area (Å²) < 4.78 is 73.7. The number of benzene rings is 4. The van der Waals surface area contributed by atoms with Gasteiger partial charge in [0.15, 0.2) is 46.9 Å². The van der Waals surface area contributed by atoms with E-state index in [1.165, 1.54) is 81.8 Å². The molecule has 5 aromatic rings. The molecule has 5 heterocycles. The van der Waals surface area contributed by atoms with Crippen LogP contribution < -0.4 is 23.7 Å². The van der Waals surface area contributed by atoms with Crippen LogP contribution in [0.25, 0.3) is 34.4 Å². The predicted molar refractivity (Wildman–Crippen MR) is 301 cm³/mol. The Morgan fingerprint density at radius 2 is 1.02 bits per heavy atom. The molecule has 4 aliphatic rings. The lowest BCUT2D eigenvalue weighted by Gasteiger charge is -2.42. The number of carbonyl (C=O) groups is 2. The Kier molecular flexibility index (Phi) is 21.3. The molecule has 4 aromatic carbocycles. The highest BCUT2D eigenvalue weighted by molar-refractivity contribution is 5.90. The molecule has 4 aliphatic heterocycles. The van der Waals surface area contributed by atoms with Crippen molar-refractivity contribution in [3.63, 3.8) is 0 Å². The van der Waals surface area contributed by atoms with E-state index in [0.717, 1.165) is 30.4 Å². The van der Waals surface area contributed by atoms with Gasteiger partial charge in [0.25, 0.3) is 0 Å². The molecule has 494 valence electrons. The van der Waals surface area contributed by atoms with Crippen LogP contribution in [0.1, 0.15) is 18.1 Å². The SMILES string of the molecule is COc1cc(-c2[o+]c3cc(O)cc(O[C@@H]4O[C@H](CO)[C@@H](O)[C@H](O)[C@H]4O)c3cc2O[C@@H]2O[C@H](CO[C@@H]3O[C@@H](C)[C@H](OC(=O)/C=C/c4ccc(O[C@@H]5O[C@H](COC(=O)C=Cc6ccc(O)c(O)c6)[C@@H](O)[C@H](O)[C@H]5O)c(O)c4)[C@@H](O)[C@H]3O)[C@@H](O)[C@H](O)[C@H]2O)cc(OC)c1O. The Bertz CT molecular complexity index is 3410. The number of aromatic hydroxyl groups is 5. The van der Waals surface area contributed by atoms with Crippen LogP contribution in [0.5, 0.6) is 57.5 Å². The average molecular weight is 1290 g/mol. The number of phenolic OH excluding ortho intramolecular Hbond substituents is 5. The van der Waals surface area contributed by atoms with E-state index in [2.05, 4.69) is 0 Å². The second kappa shape index (κ2) is 28.7. The molecule has 9 rings (SSSR count). The topological polar surface area (TPSA) is 500 Å². The van der Waals surface area contributed by atoms with E-state index < -0.39 is 178 Å². The van der Waals surface area contributed by atoms with Crippen LogP contribution >= 0.6 is 0 Å². The number of hydrogen-bond acceptors (Lipinski definition) is 31. The summed E-state index contributed by atoms with van der Waals surface area (Å²) in [7, 11) is 2.48. The molecule has 0 spiro atoms. The number of aliphatic hydroxyl groups excluding tert-OH is 12. The van der Waals surface area contributed by atoms with Gasteiger partial charge in [-0.1, -0.05) is 12.1 Å². The number of esters is 2. The molecule has 4 saturated heterocycles. The highest BCUT2D eigenvalue weighted by atomic mass is 16.7. The van der Waals surface area contributed by atoms with E-state index in [1.807, 2.05) is 0 Å². The van der Waals surface area contributed by atoms with Crippen molar-refractivity contribution in [2.45, 2.75) is 130 Å². The first-order valence-electron chi connectivity index (χ1n) is 27.8. The second-order valence-corrected chi connectivity index (χ2v) is 21.3. The fourth-order valence-electron chi connectivity index (χ4n) is 10.0. The third-order valence-electron chi connectivity index (χ3n) is 15.1. The molecule has 32 nitrogen and oxygen atoms in total. The van der Waals surface area contributed by atoms with E-state index in [4.69, 9.17) is 61.3 Å². The maximum Gasteiger partial charge on any atom is 0.402 e. The Balaban J connectivity index is 0.832. The summed E-state index contributed by atoms with van der Waals surface area (Å²) in [6.45, 7) is -0.825. The largest absolute Gasteiger partial charge is 0.507 e. The number of rotatable bonds is 20. The summed E-state index contributed by atoms with van der Waals surface area (Å²) in [5.41, 5.74) is 0.402. The van der Waals surface area contributed by atoms with Gasteiger partial charge in [-0.3, -0.25) is 0 Å². The van der Waals surface area contributed by atoms with E-state index in [-0.39, 0.29) is 62.4 Å². The number of aliphatic hydroxyl groups is 12.